The Morgan fingerprint density at radius 1 is 0.774 bits per heavy atom. The monoisotopic (exact) mass is 400 g/mol. The lowest BCUT2D eigenvalue weighted by molar-refractivity contribution is 0.470. The highest BCUT2D eigenvalue weighted by atomic mass is 16.5. The maximum Gasteiger partial charge on any atom is 0.230 e. The highest BCUT2D eigenvalue weighted by Gasteiger charge is 2.15. The molecule has 2 aromatic heterocycles. The quantitative estimate of drug-likeness (QED) is 0.369. The molecule has 0 unspecified atom stereocenters. The first-order chi connectivity index (χ1) is 15.3. The topological polar surface area (TPSA) is 71.7 Å². The second-order valence-corrected chi connectivity index (χ2v) is 6.88. The zero-order valence-corrected chi connectivity index (χ0v) is 16.4. The van der Waals surface area contributed by atoms with Crippen LogP contribution in [0.1, 0.15) is 5.56 Å². The third-order valence-corrected chi connectivity index (χ3v) is 4.86. The fourth-order valence-corrected chi connectivity index (χ4v) is 3.36. The van der Waals surface area contributed by atoms with E-state index in [0.29, 0.717) is 23.0 Å². The third kappa shape index (κ3) is 3.70. The van der Waals surface area contributed by atoms with Gasteiger partial charge in [-0.2, -0.15) is 10.2 Å². The molecule has 31 heavy (non-hydrogen) atoms. The summed E-state index contributed by atoms with van der Waals surface area (Å²) in [4.78, 5) is 13.9. The van der Waals surface area contributed by atoms with Gasteiger partial charge in [-0.25, -0.2) is 4.98 Å². The Kier molecular flexibility index (Phi) is 4.80. The Hall–Kier alpha value is -4.56. The molecule has 0 saturated carbocycles. The van der Waals surface area contributed by atoms with Crippen LogP contribution in [0.2, 0.25) is 0 Å². The number of nitrogens with zero attached hydrogens (tertiary/aromatic N) is 4. The predicted octanol–water partition coefficient (Wildman–Crippen LogP) is 6.02. The van der Waals surface area contributed by atoms with Gasteiger partial charge in [0.15, 0.2) is 5.82 Å². The molecule has 0 fully saturated rings. The molecule has 5 rings (SSSR count). The number of benzene rings is 3. The van der Waals surface area contributed by atoms with Crippen LogP contribution < -0.4 is 4.74 Å². The molecular weight excluding hydrogens is 384 g/mol. The van der Waals surface area contributed by atoms with Crippen LogP contribution in [0.4, 0.5) is 0 Å². The molecule has 0 aliphatic heterocycles. The first-order valence-corrected chi connectivity index (χ1v) is 9.77. The van der Waals surface area contributed by atoms with Gasteiger partial charge in [-0.3, -0.25) is 4.98 Å². The molecule has 0 amide bonds. The van der Waals surface area contributed by atoms with E-state index in [1.807, 2.05) is 72.8 Å². The van der Waals surface area contributed by atoms with Crippen LogP contribution in [0.15, 0.2) is 97.2 Å². The lowest BCUT2D eigenvalue weighted by atomic mass is 10.1. The van der Waals surface area contributed by atoms with Gasteiger partial charge in [-0.15, -0.1) is 0 Å². The zero-order valence-electron chi connectivity index (χ0n) is 16.4. The van der Waals surface area contributed by atoms with Gasteiger partial charge in [0.1, 0.15) is 5.75 Å². The highest BCUT2D eigenvalue weighted by Crippen LogP contribution is 2.35. The summed E-state index contributed by atoms with van der Waals surface area (Å²) < 4.78 is 6.34. The number of hydrogen-bond acceptors (Lipinski definition) is 5. The Bertz CT molecular complexity index is 1410. The smallest absolute Gasteiger partial charge is 0.230 e. The largest absolute Gasteiger partial charge is 0.438 e. The molecule has 5 aromatic rings. The van der Waals surface area contributed by atoms with Crippen molar-refractivity contribution >= 4 is 10.9 Å². The van der Waals surface area contributed by atoms with E-state index in [9.17, 15) is 5.26 Å². The van der Waals surface area contributed by atoms with E-state index >= 15 is 0 Å². The minimum atomic E-state index is 0.450. The van der Waals surface area contributed by atoms with Crippen molar-refractivity contribution in [3.8, 4) is 40.3 Å². The minimum absolute atomic E-state index is 0.450. The Morgan fingerprint density at radius 2 is 1.58 bits per heavy atom. The number of nitriles is 1. The van der Waals surface area contributed by atoms with Gasteiger partial charge in [0.05, 0.1) is 28.2 Å². The molecule has 146 valence electrons. The normalized spacial score (nSPS) is 10.5. The van der Waals surface area contributed by atoms with Crippen LogP contribution >= 0.6 is 0 Å². The third-order valence-electron chi connectivity index (χ3n) is 4.86. The van der Waals surface area contributed by atoms with E-state index in [0.717, 1.165) is 27.7 Å². The van der Waals surface area contributed by atoms with Gasteiger partial charge in [0.2, 0.25) is 5.88 Å². The van der Waals surface area contributed by atoms with Gasteiger partial charge in [0, 0.05) is 17.3 Å². The lowest BCUT2D eigenvalue weighted by Crippen LogP contribution is -1.97. The van der Waals surface area contributed by atoms with Crippen LogP contribution in [-0.2, 0) is 0 Å². The minimum Gasteiger partial charge on any atom is -0.438 e. The molecule has 3 aromatic carbocycles. The van der Waals surface area contributed by atoms with Gasteiger partial charge < -0.3 is 4.74 Å². The van der Waals surface area contributed by atoms with Crippen LogP contribution in [-0.4, -0.2) is 15.0 Å². The van der Waals surface area contributed by atoms with Crippen LogP contribution in [0.25, 0.3) is 33.5 Å². The summed E-state index contributed by atoms with van der Waals surface area (Å²) in [5, 5.41) is 10.2. The van der Waals surface area contributed by atoms with Crippen molar-refractivity contribution in [3.63, 3.8) is 0 Å². The Balaban J connectivity index is 1.67. The van der Waals surface area contributed by atoms with Crippen molar-refractivity contribution in [2.75, 3.05) is 0 Å². The van der Waals surface area contributed by atoms with Crippen molar-refractivity contribution < 1.29 is 4.74 Å². The molecule has 0 radical (unpaired) electrons. The van der Waals surface area contributed by atoms with E-state index < -0.39 is 0 Å². The molecule has 0 aliphatic carbocycles. The SMILES string of the molecule is N#Cc1ccc(Oc2nc(-c3ccccc3)nc3ccccc23)c(-c2ccccn2)c1. The van der Waals surface area contributed by atoms with Crippen molar-refractivity contribution in [3.05, 3.63) is 103 Å². The van der Waals surface area contributed by atoms with Gasteiger partial charge in [-0.1, -0.05) is 48.5 Å². The Morgan fingerprint density at radius 3 is 2.39 bits per heavy atom. The standard InChI is InChI=1S/C26H16N4O/c27-17-18-13-14-24(21(16-18)22-11-6-7-15-28-22)31-26-20-10-4-5-12-23(20)29-25(30-26)19-8-2-1-3-9-19/h1-16H. The van der Waals surface area contributed by atoms with E-state index in [1.165, 1.54) is 0 Å². The lowest BCUT2D eigenvalue weighted by Gasteiger charge is -2.13. The average molecular weight is 400 g/mol. The maximum absolute atomic E-state index is 9.36. The summed E-state index contributed by atoms with van der Waals surface area (Å²) in [6.45, 7) is 0. The van der Waals surface area contributed by atoms with Crippen molar-refractivity contribution in [1.29, 1.82) is 5.26 Å². The molecular formula is C26H16N4O. The number of rotatable bonds is 4. The molecule has 0 bridgehead atoms. The van der Waals surface area contributed by atoms with Crippen molar-refractivity contribution in [1.82, 2.24) is 15.0 Å². The summed E-state index contributed by atoms with van der Waals surface area (Å²) in [6.07, 6.45) is 1.71. The second-order valence-electron chi connectivity index (χ2n) is 6.88. The van der Waals surface area contributed by atoms with Crippen molar-refractivity contribution in [2.24, 2.45) is 0 Å². The van der Waals surface area contributed by atoms with Crippen LogP contribution in [0, 0.1) is 11.3 Å². The molecule has 0 saturated heterocycles. The summed E-state index contributed by atoms with van der Waals surface area (Å²) >= 11 is 0. The number of ether oxygens (including phenoxy) is 1. The first-order valence-electron chi connectivity index (χ1n) is 9.77. The van der Waals surface area contributed by atoms with E-state index in [4.69, 9.17) is 14.7 Å². The van der Waals surface area contributed by atoms with Gasteiger partial charge in [0.25, 0.3) is 0 Å². The number of pyridine rings is 1. The number of aromatic nitrogens is 3. The van der Waals surface area contributed by atoms with Crippen LogP contribution in [0.5, 0.6) is 11.6 Å². The van der Waals surface area contributed by atoms with E-state index in [1.54, 1.807) is 24.4 Å². The van der Waals surface area contributed by atoms with Crippen LogP contribution in [0.3, 0.4) is 0 Å². The number of fused-ring (bicyclic) bond motifs is 1. The number of hydrogen-bond donors (Lipinski definition) is 0. The Labute approximate surface area is 179 Å². The molecule has 5 nitrogen and oxygen atoms in total. The summed E-state index contributed by atoms with van der Waals surface area (Å²) in [5.74, 6) is 1.61. The average Bonchev–Trinajstić information content (AvgIpc) is 2.85. The molecule has 0 N–H and O–H groups in total. The highest BCUT2D eigenvalue weighted by molar-refractivity contribution is 5.86. The molecule has 5 heteroatoms. The zero-order chi connectivity index (χ0) is 21.0. The van der Waals surface area contributed by atoms with E-state index in [2.05, 4.69) is 11.1 Å². The number of para-hydroxylation sites is 1. The maximum atomic E-state index is 9.36. The van der Waals surface area contributed by atoms with E-state index in [-0.39, 0.29) is 0 Å². The molecule has 0 aliphatic rings. The summed E-state index contributed by atoms with van der Waals surface area (Å²) in [7, 11) is 0. The second kappa shape index (κ2) is 8.05. The first kappa shape index (κ1) is 18.5. The molecule has 0 atom stereocenters. The predicted molar refractivity (Wildman–Crippen MR) is 119 cm³/mol. The summed E-state index contributed by atoms with van der Waals surface area (Å²) in [6, 6.07) is 30.6. The van der Waals surface area contributed by atoms with Gasteiger partial charge in [-0.05, 0) is 42.5 Å². The fourth-order valence-electron chi connectivity index (χ4n) is 3.36. The van der Waals surface area contributed by atoms with Gasteiger partial charge >= 0.3 is 0 Å². The fraction of sp³-hybridized carbons (Fsp3) is 0. The molecule has 2 heterocycles. The van der Waals surface area contributed by atoms with Crippen molar-refractivity contribution in [2.45, 2.75) is 0 Å². The summed E-state index contributed by atoms with van der Waals surface area (Å²) in [5.41, 5.74) is 3.67. The molecule has 0 spiro atoms.